The summed E-state index contributed by atoms with van der Waals surface area (Å²) in [7, 11) is 0. The number of nitrogens with one attached hydrogen (secondary N) is 1. The zero-order chi connectivity index (χ0) is 11.5. The fraction of sp³-hybridized carbons (Fsp3) is 0.571. The highest BCUT2D eigenvalue weighted by molar-refractivity contribution is 9.10. The number of hydrogen-bond acceptors (Lipinski definition) is 1. The van der Waals surface area contributed by atoms with Crippen molar-refractivity contribution in [2.45, 2.75) is 38.5 Å². The Bertz CT molecular complexity index is 354. The molecule has 1 fully saturated rings. The molecular formula is C14H20BrN. The summed E-state index contributed by atoms with van der Waals surface area (Å²) in [6.45, 7) is 6.84. The standard InChI is InChI=1S/C14H20BrN/c1-10(2)12-7-13(9-14(15)8-12)11-3-5-16-6-4-11/h7-11,16H,3-6H2,1-2H3. The molecule has 1 saturated heterocycles. The molecule has 1 N–H and O–H groups in total. The van der Waals surface area contributed by atoms with Crippen molar-refractivity contribution in [3.05, 3.63) is 33.8 Å². The van der Waals surface area contributed by atoms with Crippen LogP contribution in [-0.2, 0) is 0 Å². The lowest BCUT2D eigenvalue weighted by Gasteiger charge is -2.24. The van der Waals surface area contributed by atoms with Gasteiger partial charge in [0.2, 0.25) is 0 Å². The van der Waals surface area contributed by atoms with Gasteiger partial charge in [0.05, 0.1) is 0 Å². The lowest BCUT2D eigenvalue weighted by atomic mass is 9.88. The summed E-state index contributed by atoms with van der Waals surface area (Å²) in [6.07, 6.45) is 2.54. The van der Waals surface area contributed by atoms with Crippen molar-refractivity contribution in [1.82, 2.24) is 5.32 Å². The molecule has 16 heavy (non-hydrogen) atoms. The smallest absolute Gasteiger partial charge is 0.0180 e. The first kappa shape index (κ1) is 12.1. The molecule has 0 bridgehead atoms. The number of rotatable bonds is 2. The monoisotopic (exact) mass is 281 g/mol. The minimum absolute atomic E-state index is 0.609. The van der Waals surface area contributed by atoms with Crippen molar-refractivity contribution in [3.8, 4) is 0 Å². The average molecular weight is 282 g/mol. The normalized spacial score (nSPS) is 18.0. The second kappa shape index (κ2) is 5.33. The molecule has 2 heteroatoms. The van der Waals surface area contributed by atoms with Gasteiger partial charge in [0.1, 0.15) is 0 Å². The van der Waals surface area contributed by atoms with Gasteiger partial charge < -0.3 is 5.32 Å². The number of halogens is 1. The minimum Gasteiger partial charge on any atom is -0.317 e. The van der Waals surface area contributed by atoms with Gasteiger partial charge >= 0.3 is 0 Å². The maximum Gasteiger partial charge on any atom is 0.0180 e. The topological polar surface area (TPSA) is 12.0 Å². The summed E-state index contributed by atoms with van der Waals surface area (Å²) in [4.78, 5) is 0. The molecule has 0 aromatic heterocycles. The first-order valence-electron chi connectivity index (χ1n) is 6.18. The molecule has 88 valence electrons. The van der Waals surface area contributed by atoms with E-state index >= 15 is 0 Å². The van der Waals surface area contributed by atoms with E-state index < -0.39 is 0 Å². The molecule has 0 atom stereocenters. The molecule has 0 spiro atoms. The Morgan fingerprint density at radius 3 is 2.50 bits per heavy atom. The van der Waals surface area contributed by atoms with Gasteiger partial charge in [-0.25, -0.2) is 0 Å². The van der Waals surface area contributed by atoms with Crippen LogP contribution >= 0.6 is 15.9 Å². The van der Waals surface area contributed by atoms with E-state index in [0.717, 1.165) is 19.0 Å². The third-order valence-electron chi connectivity index (χ3n) is 3.42. The zero-order valence-corrected chi connectivity index (χ0v) is 11.7. The van der Waals surface area contributed by atoms with E-state index in [0.29, 0.717) is 5.92 Å². The van der Waals surface area contributed by atoms with E-state index in [2.05, 4.69) is 53.3 Å². The summed E-state index contributed by atoms with van der Waals surface area (Å²) < 4.78 is 1.23. The maximum absolute atomic E-state index is 3.63. The van der Waals surface area contributed by atoms with Crippen LogP contribution < -0.4 is 5.32 Å². The minimum atomic E-state index is 0.609. The first-order valence-corrected chi connectivity index (χ1v) is 6.97. The van der Waals surface area contributed by atoms with Crippen molar-refractivity contribution in [3.63, 3.8) is 0 Å². The average Bonchev–Trinajstić information content (AvgIpc) is 2.29. The molecule has 0 aliphatic carbocycles. The van der Waals surface area contributed by atoms with E-state index in [9.17, 15) is 0 Å². The van der Waals surface area contributed by atoms with Gasteiger partial charge in [0.25, 0.3) is 0 Å². The highest BCUT2D eigenvalue weighted by Gasteiger charge is 2.16. The SMILES string of the molecule is CC(C)c1cc(Br)cc(C2CCNCC2)c1. The Balaban J connectivity index is 2.25. The molecule has 2 rings (SSSR count). The van der Waals surface area contributed by atoms with Crippen molar-refractivity contribution in [1.29, 1.82) is 0 Å². The van der Waals surface area contributed by atoms with Gasteiger partial charge in [-0.3, -0.25) is 0 Å². The van der Waals surface area contributed by atoms with Gasteiger partial charge in [-0.15, -0.1) is 0 Å². The fourth-order valence-electron chi connectivity index (χ4n) is 2.36. The second-order valence-electron chi connectivity index (χ2n) is 5.00. The molecule has 1 nitrogen and oxygen atoms in total. The van der Waals surface area contributed by atoms with Crippen LogP contribution in [-0.4, -0.2) is 13.1 Å². The third kappa shape index (κ3) is 2.86. The van der Waals surface area contributed by atoms with Crippen molar-refractivity contribution in [2.75, 3.05) is 13.1 Å². The highest BCUT2D eigenvalue weighted by Crippen LogP contribution is 2.30. The van der Waals surface area contributed by atoms with Gasteiger partial charge in [-0.05, 0) is 61.0 Å². The van der Waals surface area contributed by atoms with Gasteiger partial charge in [-0.2, -0.15) is 0 Å². The molecule has 1 heterocycles. The molecule has 0 unspecified atom stereocenters. The molecule has 0 radical (unpaired) electrons. The predicted octanol–water partition coefficient (Wildman–Crippen LogP) is 4.04. The number of hydrogen-bond donors (Lipinski definition) is 1. The maximum atomic E-state index is 3.63. The van der Waals surface area contributed by atoms with Crippen LogP contribution in [0.25, 0.3) is 0 Å². The zero-order valence-electron chi connectivity index (χ0n) is 10.1. The van der Waals surface area contributed by atoms with Crippen LogP contribution in [0.15, 0.2) is 22.7 Å². The molecule has 1 aliphatic rings. The Hall–Kier alpha value is -0.340. The van der Waals surface area contributed by atoms with E-state index in [4.69, 9.17) is 0 Å². The Morgan fingerprint density at radius 2 is 1.88 bits per heavy atom. The lowest BCUT2D eigenvalue weighted by Crippen LogP contribution is -2.26. The number of benzene rings is 1. The van der Waals surface area contributed by atoms with Crippen LogP contribution in [0.5, 0.6) is 0 Å². The fourth-order valence-corrected chi connectivity index (χ4v) is 2.89. The van der Waals surface area contributed by atoms with Crippen LogP contribution in [0.4, 0.5) is 0 Å². The van der Waals surface area contributed by atoms with Gasteiger partial charge in [0.15, 0.2) is 0 Å². The van der Waals surface area contributed by atoms with Crippen molar-refractivity contribution < 1.29 is 0 Å². The van der Waals surface area contributed by atoms with Crippen LogP contribution in [0, 0.1) is 0 Å². The summed E-state index contributed by atoms with van der Waals surface area (Å²) in [5.41, 5.74) is 2.96. The first-order chi connectivity index (χ1) is 7.66. The largest absolute Gasteiger partial charge is 0.317 e. The summed E-state index contributed by atoms with van der Waals surface area (Å²) in [5, 5.41) is 3.42. The van der Waals surface area contributed by atoms with E-state index in [1.165, 1.54) is 28.4 Å². The predicted molar refractivity (Wildman–Crippen MR) is 73.1 cm³/mol. The summed E-state index contributed by atoms with van der Waals surface area (Å²) in [6, 6.07) is 6.93. The van der Waals surface area contributed by atoms with E-state index in [1.807, 2.05) is 0 Å². The Labute approximate surface area is 107 Å². The van der Waals surface area contributed by atoms with Gasteiger partial charge in [0, 0.05) is 4.47 Å². The van der Waals surface area contributed by atoms with Gasteiger partial charge in [-0.1, -0.05) is 35.8 Å². The van der Waals surface area contributed by atoms with Crippen molar-refractivity contribution in [2.24, 2.45) is 0 Å². The third-order valence-corrected chi connectivity index (χ3v) is 3.88. The Morgan fingerprint density at radius 1 is 1.19 bits per heavy atom. The molecule has 1 aromatic rings. The lowest BCUT2D eigenvalue weighted by molar-refractivity contribution is 0.460. The Kier molecular flexibility index (Phi) is 4.04. The van der Waals surface area contributed by atoms with Crippen LogP contribution in [0.2, 0.25) is 0 Å². The van der Waals surface area contributed by atoms with E-state index in [-0.39, 0.29) is 0 Å². The molecular weight excluding hydrogens is 262 g/mol. The number of piperidine rings is 1. The molecule has 1 aliphatic heterocycles. The molecule has 0 saturated carbocycles. The summed E-state index contributed by atoms with van der Waals surface area (Å²) >= 11 is 3.63. The quantitative estimate of drug-likeness (QED) is 0.863. The van der Waals surface area contributed by atoms with E-state index in [1.54, 1.807) is 0 Å². The van der Waals surface area contributed by atoms with Crippen LogP contribution in [0.3, 0.4) is 0 Å². The summed E-state index contributed by atoms with van der Waals surface area (Å²) in [5.74, 6) is 1.36. The van der Waals surface area contributed by atoms with Crippen LogP contribution in [0.1, 0.15) is 49.7 Å². The highest BCUT2D eigenvalue weighted by atomic mass is 79.9. The van der Waals surface area contributed by atoms with Crippen molar-refractivity contribution >= 4 is 15.9 Å². The second-order valence-corrected chi connectivity index (χ2v) is 5.91. The molecule has 1 aromatic carbocycles. The molecule has 0 amide bonds.